The summed E-state index contributed by atoms with van der Waals surface area (Å²) in [4.78, 5) is 4.23. The molecule has 3 heterocycles. The van der Waals surface area contributed by atoms with Gasteiger partial charge in [0.05, 0.1) is 31.5 Å². The molecule has 0 amide bonds. The summed E-state index contributed by atoms with van der Waals surface area (Å²) in [6, 6.07) is 11.3. The molecule has 4 aromatic rings. The molecule has 0 aliphatic rings. The van der Waals surface area contributed by atoms with E-state index in [0.717, 1.165) is 23.4 Å². The Morgan fingerprint density at radius 3 is 2.63 bits per heavy atom. The first-order valence-electron chi connectivity index (χ1n) is 9.72. The summed E-state index contributed by atoms with van der Waals surface area (Å²) in [7, 11) is 0. The number of benzene rings is 1. The van der Waals surface area contributed by atoms with Crippen LogP contribution < -0.4 is 9.47 Å². The standard InChI is InChI=1S/C21H23N5O4/c1-2-25-15-23-24-21(25)16-11-17-13-22-14-26(17)20(12-16)30-19-5-3-18(4-6-19)29-10-9-28-8-7-27/h3-6,11-15,27H,2,7-10H2,1H3. The Bertz CT molecular complexity index is 1090. The summed E-state index contributed by atoms with van der Waals surface area (Å²) in [6.45, 7) is 3.98. The van der Waals surface area contributed by atoms with Crippen molar-refractivity contribution in [1.29, 1.82) is 0 Å². The van der Waals surface area contributed by atoms with Crippen molar-refractivity contribution in [3.63, 3.8) is 0 Å². The van der Waals surface area contributed by atoms with E-state index in [0.29, 0.717) is 37.2 Å². The van der Waals surface area contributed by atoms with Gasteiger partial charge < -0.3 is 23.9 Å². The third-order valence-electron chi connectivity index (χ3n) is 4.48. The highest BCUT2D eigenvalue weighted by atomic mass is 16.5. The molecule has 0 aliphatic heterocycles. The Kier molecular flexibility index (Phi) is 6.21. The van der Waals surface area contributed by atoms with Crippen LogP contribution in [0.2, 0.25) is 0 Å². The predicted molar refractivity (Wildman–Crippen MR) is 110 cm³/mol. The first kappa shape index (κ1) is 19.9. The van der Waals surface area contributed by atoms with E-state index < -0.39 is 0 Å². The molecule has 0 fully saturated rings. The Labute approximate surface area is 173 Å². The maximum Gasteiger partial charge on any atom is 0.206 e. The minimum Gasteiger partial charge on any atom is -0.491 e. The van der Waals surface area contributed by atoms with Crippen molar-refractivity contribution >= 4 is 5.52 Å². The molecule has 30 heavy (non-hydrogen) atoms. The Morgan fingerprint density at radius 2 is 1.83 bits per heavy atom. The van der Waals surface area contributed by atoms with Gasteiger partial charge in [-0.05, 0) is 37.3 Å². The molecule has 0 atom stereocenters. The molecule has 0 radical (unpaired) electrons. The monoisotopic (exact) mass is 409 g/mol. The highest BCUT2D eigenvalue weighted by Gasteiger charge is 2.12. The predicted octanol–water partition coefficient (Wildman–Crippen LogP) is 2.79. The zero-order chi connectivity index (χ0) is 20.8. The summed E-state index contributed by atoms with van der Waals surface area (Å²) in [5.41, 5.74) is 1.80. The van der Waals surface area contributed by atoms with Crippen LogP contribution in [0, 0.1) is 0 Å². The van der Waals surface area contributed by atoms with Gasteiger partial charge in [-0.25, -0.2) is 4.98 Å². The maximum absolute atomic E-state index is 8.69. The molecule has 0 unspecified atom stereocenters. The smallest absolute Gasteiger partial charge is 0.206 e. The van der Waals surface area contributed by atoms with E-state index in [1.165, 1.54) is 0 Å². The summed E-state index contributed by atoms with van der Waals surface area (Å²) in [5.74, 6) is 2.78. The van der Waals surface area contributed by atoms with Crippen LogP contribution in [-0.4, -0.2) is 55.7 Å². The lowest BCUT2D eigenvalue weighted by Gasteiger charge is -2.12. The van der Waals surface area contributed by atoms with E-state index in [4.69, 9.17) is 19.3 Å². The van der Waals surface area contributed by atoms with Crippen molar-refractivity contribution in [1.82, 2.24) is 24.1 Å². The number of rotatable bonds is 10. The van der Waals surface area contributed by atoms with Crippen molar-refractivity contribution in [2.75, 3.05) is 26.4 Å². The Balaban J connectivity index is 1.51. The molecule has 0 aliphatic carbocycles. The van der Waals surface area contributed by atoms with Crippen LogP contribution >= 0.6 is 0 Å². The summed E-state index contributed by atoms with van der Waals surface area (Å²) in [6.07, 6.45) is 5.20. The molecular weight excluding hydrogens is 386 g/mol. The number of pyridine rings is 1. The molecule has 0 saturated carbocycles. The van der Waals surface area contributed by atoms with Gasteiger partial charge in [0.1, 0.15) is 30.8 Å². The largest absolute Gasteiger partial charge is 0.491 e. The third kappa shape index (κ3) is 4.42. The minimum atomic E-state index is 0.00820. The SMILES string of the molecule is CCn1cnnc1-c1cc(Oc2ccc(OCCOCCO)cc2)n2cncc2c1. The van der Waals surface area contributed by atoms with Crippen LogP contribution in [0.5, 0.6) is 17.4 Å². The minimum absolute atomic E-state index is 0.00820. The summed E-state index contributed by atoms with van der Waals surface area (Å²) >= 11 is 0. The normalized spacial score (nSPS) is 11.1. The number of aromatic nitrogens is 5. The second kappa shape index (κ2) is 9.38. The van der Waals surface area contributed by atoms with Crippen LogP contribution in [0.1, 0.15) is 6.92 Å². The van der Waals surface area contributed by atoms with Gasteiger partial charge in [-0.2, -0.15) is 0 Å². The molecule has 4 rings (SSSR count). The van der Waals surface area contributed by atoms with Crippen molar-refractivity contribution in [2.45, 2.75) is 13.5 Å². The number of ether oxygens (including phenoxy) is 3. The highest BCUT2D eigenvalue weighted by molar-refractivity contribution is 5.66. The zero-order valence-corrected chi connectivity index (χ0v) is 16.6. The lowest BCUT2D eigenvalue weighted by molar-refractivity contribution is 0.0705. The average Bonchev–Trinajstić information content (AvgIpc) is 3.44. The van der Waals surface area contributed by atoms with Crippen LogP contribution in [0.15, 0.2) is 55.2 Å². The number of hydrogen-bond donors (Lipinski definition) is 1. The topological polar surface area (TPSA) is 95.9 Å². The number of aryl methyl sites for hydroxylation is 1. The maximum atomic E-state index is 8.69. The molecule has 3 aromatic heterocycles. The van der Waals surface area contributed by atoms with Gasteiger partial charge in [-0.1, -0.05) is 0 Å². The second-order valence-corrected chi connectivity index (χ2v) is 6.47. The molecule has 1 N–H and O–H groups in total. The van der Waals surface area contributed by atoms with E-state index >= 15 is 0 Å². The number of imidazole rings is 1. The van der Waals surface area contributed by atoms with Gasteiger partial charge in [0, 0.05) is 18.2 Å². The molecule has 0 spiro atoms. The molecule has 1 aromatic carbocycles. The van der Waals surface area contributed by atoms with Crippen molar-refractivity contribution in [3.8, 4) is 28.8 Å². The lowest BCUT2D eigenvalue weighted by Crippen LogP contribution is -2.09. The summed E-state index contributed by atoms with van der Waals surface area (Å²) < 4.78 is 20.8. The van der Waals surface area contributed by atoms with Gasteiger partial charge in [0.25, 0.3) is 0 Å². The number of fused-ring (bicyclic) bond motifs is 1. The molecule has 0 bridgehead atoms. The number of nitrogens with zero attached hydrogens (tertiary/aromatic N) is 5. The highest BCUT2D eigenvalue weighted by Crippen LogP contribution is 2.29. The zero-order valence-electron chi connectivity index (χ0n) is 16.6. The second-order valence-electron chi connectivity index (χ2n) is 6.47. The third-order valence-corrected chi connectivity index (χ3v) is 4.48. The fourth-order valence-electron chi connectivity index (χ4n) is 3.03. The van der Waals surface area contributed by atoms with Crippen molar-refractivity contribution < 1.29 is 19.3 Å². The van der Waals surface area contributed by atoms with Crippen LogP contribution in [0.4, 0.5) is 0 Å². The molecular formula is C21H23N5O4. The summed E-state index contributed by atoms with van der Waals surface area (Å²) in [5, 5.41) is 16.9. The number of aliphatic hydroxyl groups is 1. The van der Waals surface area contributed by atoms with Crippen molar-refractivity contribution in [2.24, 2.45) is 0 Å². The van der Waals surface area contributed by atoms with E-state index in [2.05, 4.69) is 15.2 Å². The first-order valence-corrected chi connectivity index (χ1v) is 9.72. The van der Waals surface area contributed by atoms with Gasteiger partial charge in [0.15, 0.2) is 5.82 Å². The Morgan fingerprint density at radius 1 is 1.00 bits per heavy atom. The van der Waals surface area contributed by atoms with E-state index in [-0.39, 0.29) is 6.61 Å². The van der Waals surface area contributed by atoms with E-state index in [1.807, 2.05) is 52.3 Å². The van der Waals surface area contributed by atoms with Gasteiger partial charge in [-0.3, -0.25) is 4.40 Å². The van der Waals surface area contributed by atoms with Crippen LogP contribution in [0.3, 0.4) is 0 Å². The molecule has 156 valence electrons. The van der Waals surface area contributed by atoms with Gasteiger partial charge in [0.2, 0.25) is 5.88 Å². The van der Waals surface area contributed by atoms with Gasteiger partial charge in [-0.15, -0.1) is 10.2 Å². The lowest BCUT2D eigenvalue weighted by atomic mass is 10.2. The molecule has 0 saturated heterocycles. The van der Waals surface area contributed by atoms with Crippen LogP contribution in [0.25, 0.3) is 16.9 Å². The molecule has 9 nitrogen and oxygen atoms in total. The first-order chi connectivity index (χ1) is 14.8. The number of hydrogen-bond acceptors (Lipinski definition) is 7. The quantitative estimate of drug-likeness (QED) is 0.402. The Hall–Kier alpha value is -3.43. The van der Waals surface area contributed by atoms with Crippen molar-refractivity contribution in [3.05, 3.63) is 55.2 Å². The fourth-order valence-corrected chi connectivity index (χ4v) is 3.03. The van der Waals surface area contributed by atoms with E-state index in [9.17, 15) is 0 Å². The number of aliphatic hydroxyl groups excluding tert-OH is 1. The fraction of sp³-hybridized carbons (Fsp3) is 0.286. The van der Waals surface area contributed by atoms with E-state index in [1.54, 1.807) is 18.9 Å². The average molecular weight is 409 g/mol. The van der Waals surface area contributed by atoms with Crippen LogP contribution in [-0.2, 0) is 11.3 Å². The van der Waals surface area contributed by atoms with Gasteiger partial charge >= 0.3 is 0 Å². The molecule has 9 heteroatoms.